The number of hydrogen-bond donors (Lipinski definition) is 0. The average molecular weight is 196 g/mol. The molecule has 1 fully saturated rings. The summed E-state index contributed by atoms with van der Waals surface area (Å²) in [5.74, 6) is -0.0910. The Bertz CT molecular complexity index is 206. The van der Waals surface area contributed by atoms with Crippen LogP contribution in [0.5, 0.6) is 0 Å². The summed E-state index contributed by atoms with van der Waals surface area (Å²) in [5, 5.41) is 0. The van der Waals surface area contributed by atoms with Crippen molar-refractivity contribution in [3.63, 3.8) is 0 Å². The highest BCUT2D eigenvalue weighted by molar-refractivity contribution is 5.88. The summed E-state index contributed by atoms with van der Waals surface area (Å²) in [6.45, 7) is 2.81. The van der Waals surface area contributed by atoms with Gasteiger partial charge in [-0.3, -0.25) is 0 Å². The van der Waals surface area contributed by atoms with Crippen LogP contribution in [0.25, 0.3) is 0 Å². The number of hydrogen-bond acceptors (Lipinski definition) is 2. The quantitative estimate of drug-likeness (QED) is 0.383. The third-order valence-electron chi connectivity index (χ3n) is 2.53. The fourth-order valence-electron chi connectivity index (χ4n) is 1.66. The van der Waals surface area contributed by atoms with Crippen molar-refractivity contribution >= 4 is 5.97 Å². The third kappa shape index (κ3) is 3.95. The van der Waals surface area contributed by atoms with E-state index in [0.717, 1.165) is 24.8 Å². The number of cyclic esters (lactones) is 1. The summed E-state index contributed by atoms with van der Waals surface area (Å²) >= 11 is 0. The van der Waals surface area contributed by atoms with E-state index >= 15 is 0 Å². The summed E-state index contributed by atoms with van der Waals surface area (Å²) in [6, 6.07) is 0. The molecule has 2 nitrogen and oxygen atoms in total. The Labute approximate surface area is 86.3 Å². The molecular formula is C12H20O2. The minimum Gasteiger partial charge on any atom is -0.462 e. The molecule has 0 saturated carbocycles. The van der Waals surface area contributed by atoms with Gasteiger partial charge in [-0.25, -0.2) is 4.79 Å². The Hall–Kier alpha value is -0.790. The highest BCUT2D eigenvalue weighted by atomic mass is 16.5. The van der Waals surface area contributed by atoms with Gasteiger partial charge in [0, 0.05) is 5.57 Å². The van der Waals surface area contributed by atoms with Gasteiger partial charge in [0.25, 0.3) is 0 Å². The zero-order valence-electron chi connectivity index (χ0n) is 9.05. The first-order valence-corrected chi connectivity index (χ1v) is 5.70. The van der Waals surface area contributed by atoms with E-state index in [4.69, 9.17) is 4.74 Å². The molecule has 1 aliphatic rings. The Morgan fingerprint density at radius 3 is 2.93 bits per heavy atom. The van der Waals surface area contributed by atoms with E-state index in [9.17, 15) is 4.79 Å². The van der Waals surface area contributed by atoms with Crippen LogP contribution in [-0.2, 0) is 9.53 Å². The van der Waals surface area contributed by atoms with Crippen molar-refractivity contribution in [1.82, 2.24) is 0 Å². The standard InChI is InChI=1S/C12H20O2/c1-2-3-4-5-6-8-11-9-7-10-14-12(11)13/h8H,2-7,9-10H2,1H3/b11-8-. The highest BCUT2D eigenvalue weighted by Crippen LogP contribution is 2.15. The van der Waals surface area contributed by atoms with Gasteiger partial charge in [0.05, 0.1) is 6.61 Å². The average Bonchev–Trinajstić information content (AvgIpc) is 2.20. The van der Waals surface area contributed by atoms with Crippen molar-refractivity contribution in [2.45, 2.75) is 51.9 Å². The van der Waals surface area contributed by atoms with Gasteiger partial charge in [-0.2, -0.15) is 0 Å². The number of rotatable bonds is 5. The van der Waals surface area contributed by atoms with Crippen LogP contribution in [0.1, 0.15) is 51.9 Å². The van der Waals surface area contributed by atoms with Crippen LogP contribution in [0.4, 0.5) is 0 Å². The van der Waals surface area contributed by atoms with Crippen molar-refractivity contribution in [1.29, 1.82) is 0 Å². The van der Waals surface area contributed by atoms with E-state index in [1.807, 2.05) is 0 Å². The third-order valence-corrected chi connectivity index (χ3v) is 2.53. The Kier molecular flexibility index (Phi) is 5.35. The zero-order valence-corrected chi connectivity index (χ0v) is 9.05. The first-order valence-electron chi connectivity index (χ1n) is 5.70. The molecule has 1 saturated heterocycles. The summed E-state index contributed by atoms with van der Waals surface area (Å²) in [6.07, 6.45) is 10.0. The van der Waals surface area contributed by atoms with Crippen molar-refractivity contribution in [3.8, 4) is 0 Å². The van der Waals surface area contributed by atoms with Gasteiger partial charge in [0.2, 0.25) is 0 Å². The molecule has 0 aliphatic carbocycles. The van der Waals surface area contributed by atoms with Crippen molar-refractivity contribution in [2.24, 2.45) is 0 Å². The highest BCUT2D eigenvalue weighted by Gasteiger charge is 2.14. The summed E-state index contributed by atoms with van der Waals surface area (Å²) in [4.78, 5) is 11.2. The lowest BCUT2D eigenvalue weighted by Crippen LogP contribution is -2.15. The van der Waals surface area contributed by atoms with E-state index in [0.29, 0.717) is 6.61 Å². The molecule has 0 aromatic rings. The van der Waals surface area contributed by atoms with E-state index in [2.05, 4.69) is 13.0 Å². The number of carbonyl (C=O) groups excluding carboxylic acids is 1. The summed E-state index contributed by atoms with van der Waals surface area (Å²) in [7, 11) is 0. The lowest BCUT2D eigenvalue weighted by Gasteiger charge is -2.13. The second-order valence-electron chi connectivity index (χ2n) is 3.82. The lowest BCUT2D eigenvalue weighted by molar-refractivity contribution is -0.141. The van der Waals surface area contributed by atoms with E-state index in [-0.39, 0.29) is 5.97 Å². The molecule has 0 N–H and O–H groups in total. The van der Waals surface area contributed by atoms with Crippen LogP contribution in [0, 0.1) is 0 Å². The normalized spacial score (nSPS) is 19.8. The van der Waals surface area contributed by atoms with E-state index in [1.165, 1.54) is 25.7 Å². The summed E-state index contributed by atoms with van der Waals surface area (Å²) in [5.41, 5.74) is 0.896. The van der Waals surface area contributed by atoms with Crippen LogP contribution in [0.15, 0.2) is 11.6 Å². The summed E-state index contributed by atoms with van der Waals surface area (Å²) < 4.78 is 4.96. The maximum absolute atomic E-state index is 11.2. The Morgan fingerprint density at radius 1 is 1.36 bits per heavy atom. The number of unbranched alkanes of at least 4 members (excludes halogenated alkanes) is 4. The molecule has 2 heteroatoms. The fourth-order valence-corrected chi connectivity index (χ4v) is 1.66. The molecule has 1 heterocycles. The molecule has 0 aromatic heterocycles. The maximum Gasteiger partial charge on any atom is 0.333 e. The minimum absolute atomic E-state index is 0.0910. The van der Waals surface area contributed by atoms with Crippen molar-refractivity contribution in [2.75, 3.05) is 6.61 Å². The largest absolute Gasteiger partial charge is 0.462 e. The lowest BCUT2D eigenvalue weighted by atomic mass is 10.1. The second kappa shape index (κ2) is 6.63. The number of esters is 1. The van der Waals surface area contributed by atoms with Crippen LogP contribution in [0.3, 0.4) is 0 Å². The van der Waals surface area contributed by atoms with Crippen LogP contribution in [-0.4, -0.2) is 12.6 Å². The van der Waals surface area contributed by atoms with Crippen molar-refractivity contribution < 1.29 is 9.53 Å². The molecule has 80 valence electrons. The Balaban J connectivity index is 2.18. The topological polar surface area (TPSA) is 26.3 Å². The molecule has 0 unspecified atom stereocenters. The molecule has 0 bridgehead atoms. The smallest absolute Gasteiger partial charge is 0.333 e. The predicted molar refractivity (Wildman–Crippen MR) is 57.0 cm³/mol. The second-order valence-corrected chi connectivity index (χ2v) is 3.82. The molecule has 0 atom stereocenters. The molecule has 0 aromatic carbocycles. The van der Waals surface area contributed by atoms with Crippen molar-refractivity contribution in [3.05, 3.63) is 11.6 Å². The Morgan fingerprint density at radius 2 is 2.21 bits per heavy atom. The van der Waals surface area contributed by atoms with E-state index < -0.39 is 0 Å². The van der Waals surface area contributed by atoms with Gasteiger partial charge in [-0.05, 0) is 25.7 Å². The monoisotopic (exact) mass is 196 g/mol. The number of allylic oxidation sites excluding steroid dienone is 1. The van der Waals surface area contributed by atoms with Gasteiger partial charge in [0.15, 0.2) is 0 Å². The maximum atomic E-state index is 11.2. The molecule has 0 spiro atoms. The molecular weight excluding hydrogens is 176 g/mol. The molecule has 0 radical (unpaired) electrons. The fraction of sp³-hybridized carbons (Fsp3) is 0.750. The van der Waals surface area contributed by atoms with Gasteiger partial charge in [0.1, 0.15) is 0 Å². The van der Waals surface area contributed by atoms with Crippen LogP contribution < -0.4 is 0 Å². The molecule has 14 heavy (non-hydrogen) atoms. The van der Waals surface area contributed by atoms with Crippen LogP contribution >= 0.6 is 0 Å². The molecule has 1 rings (SSSR count). The first kappa shape index (κ1) is 11.3. The molecule has 1 aliphatic heterocycles. The van der Waals surface area contributed by atoms with Crippen LogP contribution in [0.2, 0.25) is 0 Å². The minimum atomic E-state index is -0.0910. The van der Waals surface area contributed by atoms with Gasteiger partial charge >= 0.3 is 5.97 Å². The SMILES string of the molecule is CCCCCC/C=C1/CCCOC1=O. The zero-order chi connectivity index (χ0) is 10.2. The van der Waals surface area contributed by atoms with E-state index in [1.54, 1.807) is 0 Å². The predicted octanol–water partition coefficient (Wildman–Crippen LogP) is 3.22. The first-order chi connectivity index (χ1) is 6.84. The van der Waals surface area contributed by atoms with Gasteiger partial charge in [-0.15, -0.1) is 0 Å². The van der Waals surface area contributed by atoms with Gasteiger partial charge in [-0.1, -0.05) is 32.3 Å². The number of carbonyl (C=O) groups is 1. The van der Waals surface area contributed by atoms with Gasteiger partial charge < -0.3 is 4.74 Å². The number of ether oxygens (including phenoxy) is 1. The molecule has 0 amide bonds.